The van der Waals surface area contributed by atoms with E-state index in [1.54, 1.807) is 12.4 Å². The molecule has 4 nitrogen and oxygen atoms in total. The van der Waals surface area contributed by atoms with Gasteiger partial charge < -0.3 is 9.80 Å². The van der Waals surface area contributed by atoms with Crippen LogP contribution >= 0.6 is 0 Å². The standard InChI is InChI=1S/C23H24N4.2C2H6.C2H4/c1-4-23(3)16(2)22-26(17-10-6-5-7-11-17)20-21(25-15-14-24-20)27(22)19-13-9-8-12-18(19)23;3*1-2/h5-16,22H,4H2,1-3H3;2*1-2H3;1-2H2. The molecule has 3 heterocycles. The minimum Gasteiger partial charge on any atom is -0.302 e. The zero-order chi connectivity index (χ0) is 24.6. The quantitative estimate of drug-likeness (QED) is 0.372. The van der Waals surface area contributed by atoms with Gasteiger partial charge in [0.15, 0.2) is 11.6 Å². The van der Waals surface area contributed by atoms with Crippen molar-refractivity contribution in [2.75, 3.05) is 9.80 Å². The number of fused-ring (bicyclic) bond motifs is 5. The van der Waals surface area contributed by atoms with Gasteiger partial charge in [-0.05, 0) is 30.2 Å². The summed E-state index contributed by atoms with van der Waals surface area (Å²) in [6.07, 6.45) is 4.84. The molecule has 0 saturated heterocycles. The highest BCUT2D eigenvalue weighted by Gasteiger charge is 2.53. The summed E-state index contributed by atoms with van der Waals surface area (Å²) in [5, 5.41) is 0. The van der Waals surface area contributed by atoms with Crippen molar-refractivity contribution in [3.05, 3.63) is 85.7 Å². The smallest absolute Gasteiger partial charge is 0.178 e. The number of benzene rings is 2. The Morgan fingerprint density at radius 2 is 1.33 bits per heavy atom. The van der Waals surface area contributed by atoms with Crippen molar-refractivity contribution in [2.24, 2.45) is 5.92 Å². The van der Waals surface area contributed by atoms with E-state index in [0.29, 0.717) is 5.92 Å². The maximum absolute atomic E-state index is 4.75. The Morgan fingerprint density at radius 1 is 0.818 bits per heavy atom. The lowest BCUT2D eigenvalue weighted by atomic mass is 9.66. The van der Waals surface area contributed by atoms with Gasteiger partial charge in [0.1, 0.15) is 6.17 Å². The minimum absolute atomic E-state index is 0.0901. The largest absolute Gasteiger partial charge is 0.302 e. The summed E-state index contributed by atoms with van der Waals surface area (Å²) < 4.78 is 0. The summed E-state index contributed by atoms with van der Waals surface area (Å²) in [6.45, 7) is 21.1. The third-order valence-electron chi connectivity index (χ3n) is 6.65. The molecule has 0 N–H and O–H groups in total. The van der Waals surface area contributed by atoms with Crippen LogP contribution in [0.4, 0.5) is 23.0 Å². The summed E-state index contributed by atoms with van der Waals surface area (Å²) in [5.41, 5.74) is 3.91. The summed E-state index contributed by atoms with van der Waals surface area (Å²) in [6, 6.07) is 19.4. The van der Waals surface area contributed by atoms with E-state index >= 15 is 0 Å². The van der Waals surface area contributed by atoms with Crippen molar-refractivity contribution in [2.45, 2.75) is 66.5 Å². The van der Waals surface area contributed by atoms with E-state index in [9.17, 15) is 0 Å². The van der Waals surface area contributed by atoms with E-state index in [4.69, 9.17) is 9.97 Å². The fourth-order valence-electron chi connectivity index (χ4n) is 4.85. The van der Waals surface area contributed by atoms with E-state index in [1.807, 2.05) is 27.7 Å². The van der Waals surface area contributed by atoms with Crippen molar-refractivity contribution in [3.8, 4) is 0 Å². The Bertz CT molecular complexity index is 1000. The number of nitrogens with zero attached hydrogens (tertiary/aromatic N) is 4. The van der Waals surface area contributed by atoms with Gasteiger partial charge in [-0.2, -0.15) is 0 Å². The van der Waals surface area contributed by atoms with Crippen molar-refractivity contribution in [1.82, 2.24) is 9.97 Å². The zero-order valence-corrected chi connectivity index (χ0v) is 21.4. The maximum atomic E-state index is 4.75. The molecule has 0 saturated carbocycles. The topological polar surface area (TPSA) is 32.3 Å². The second kappa shape index (κ2) is 11.6. The molecule has 0 radical (unpaired) electrons. The average molecular weight is 445 g/mol. The van der Waals surface area contributed by atoms with Crippen LogP contribution in [0.25, 0.3) is 0 Å². The second-order valence-electron chi connectivity index (χ2n) is 7.77. The van der Waals surface area contributed by atoms with Crippen molar-refractivity contribution >= 4 is 23.0 Å². The first kappa shape index (κ1) is 26.1. The average Bonchev–Trinajstić information content (AvgIpc) is 3.26. The lowest BCUT2D eigenvalue weighted by molar-refractivity contribution is 0.249. The van der Waals surface area contributed by atoms with Gasteiger partial charge in [0.05, 0.1) is 0 Å². The van der Waals surface area contributed by atoms with Gasteiger partial charge in [0.25, 0.3) is 0 Å². The first-order chi connectivity index (χ1) is 16.2. The van der Waals surface area contributed by atoms with E-state index in [2.05, 4.69) is 98.3 Å². The van der Waals surface area contributed by atoms with Crippen LogP contribution in [0.5, 0.6) is 0 Å². The van der Waals surface area contributed by atoms with Crippen molar-refractivity contribution in [3.63, 3.8) is 0 Å². The van der Waals surface area contributed by atoms with Gasteiger partial charge in [0, 0.05) is 35.1 Å². The van der Waals surface area contributed by atoms with Gasteiger partial charge in [-0.25, -0.2) is 9.97 Å². The third kappa shape index (κ3) is 4.27. The highest BCUT2D eigenvalue weighted by atomic mass is 15.5. The normalized spacial score (nSPS) is 21.5. The molecule has 4 heteroatoms. The van der Waals surface area contributed by atoms with Gasteiger partial charge in [0.2, 0.25) is 0 Å². The lowest BCUT2D eigenvalue weighted by Gasteiger charge is -2.50. The number of para-hydroxylation sites is 2. The predicted molar refractivity (Wildman–Crippen MR) is 144 cm³/mol. The molecule has 1 aromatic heterocycles. The summed E-state index contributed by atoms with van der Waals surface area (Å²) in [7, 11) is 0. The van der Waals surface area contributed by atoms with E-state index < -0.39 is 0 Å². The van der Waals surface area contributed by atoms with E-state index in [0.717, 1.165) is 23.7 Å². The lowest BCUT2D eigenvalue weighted by Crippen LogP contribution is -2.54. The summed E-state index contributed by atoms with van der Waals surface area (Å²) >= 11 is 0. The first-order valence-electron chi connectivity index (χ1n) is 12.2. The molecule has 0 bridgehead atoms. The molecule has 2 aromatic carbocycles. The molecule has 0 spiro atoms. The highest BCUT2D eigenvalue weighted by Crippen LogP contribution is 2.57. The van der Waals surface area contributed by atoms with Crippen LogP contribution in [0.3, 0.4) is 0 Å². The fraction of sp³-hybridized carbons (Fsp3) is 0.379. The van der Waals surface area contributed by atoms with Gasteiger partial charge in [-0.15, -0.1) is 13.2 Å². The Labute approximate surface area is 201 Å². The molecule has 3 unspecified atom stereocenters. The number of hydrogen-bond donors (Lipinski definition) is 0. The first-order valence-corrected chi connectivity index (χ1v) is 12.2. The molecule has 3 aromatic rings. The fourth-order valence-corrected chi connectivity index (χ4v) is 4.85. The van der Waals surface area contributed by atoms with Gasteiger partial charge in [-0.3, -0.25) is 0 Å². The Hall–Kier alpha value is -3.14. The Morgan fingerprint density at radius 3 is 1.91 bits per heavy atom. The number of rotatable bonds is 2. The number of hydrogen-bond acceptors (Lipinski definition) is 4. The molecule has 176 valence electrons. The molecule has 2 aliphatic heterocycles. The van der Waals surface area contributed by atoms with Gasteiger partial charge in [-0.1, -0.05) is 84.9 Å². The highest BCUT2D eigenvalue weighted by molar-refractivity contribution is 5.86. The number of anilines is 4. The Balaban J connectivity index is 0.000000597. The molecule has 5 rings (SSSR count). The monoisotopic (exact) mass is 444 g/mol. The second-order valence-corrected chi connectivity index (χ2v) is 7.77. The molecular formula is C29H40N4. The van der Waals surface area contributed by atoms with Crippen LogP contribution in [0, 0.1) is 5.92 Å². The SMILES string of the molecule is C=C.CC.CC.CCC1(C)c2ccccc2N2c3nccnc3N(c3ccccc3)C2C1C. The van der Waals surface area contributed by atoms with Crippen molar-refractivity contribution in [1.29, 1.82) is 0 Å². The van der Waals surface area contributed by atoms with Gasteiger partial charge >= 0.3 is 0 Å². The van der Waals surface area contributed by atoms with Crippen LogP contribution in [-0.2, 0) is 5.41 Å². The minimum atomic E-state index is 0.0901. The predicted octanol–water partition coefficient (Wildman–Crippen LogP) is 8.26. The van der Waals surface area contributed by atoms with E-state index in [1.165, 1.54) is 11.3 Å². The molecule has 0 amide bonds. The van der Waals surface area contributed by atoms with Crippen molar-refractivity contribution < 1.29 is 0 Å². The molecular weight excluding hydrogens is 404 g/mol. The summed E-state index contributed by atoms with van der Waals surface area (Å²) in [5.74, 6) is 2.29. The van der Waals surface area contributed by atoms with Crippen LogP contribution in [0.15, 0.2) is 80.1 Å². The van der Waals surface area contributed by atoms with Crippen LogP contribution in [0.2, 0.25) is 0 Å². The van der Waals surface area contributed by atoms with Crippen LogP contribution in [-0.4, -0.2) is 16.1 Å². The zero-order valence-electron chi connectivity index (χ0n) is 21.4. The van der Waals surface area contributed by atoms with Crippen LogP contribution in [0.1, 0.15) is 60.5 Å². The van der Waals surface area contributed by atoms with E-state index in [-0.39, 0.29) is 11.6 Å². The maximum Gasteiger partial charge on any atom is 0.178 e. The van der Waals surface area contributed by atoms with Crippen LogP contribution < -0.4 is 9.80 Å². The molecule has 0 aliphatic carbocycles. The molecule has 3 atom stereocenters. The Kier molecular flexibility index (Phi) is 9.22. The number of aromatic nitrogens is 2. The third-order valence-corrected chi connectivity index (χ3v) is 6.65. The summed E-state index contributed by atoms with van der Waals surface area (Å²) in [4.78, 5) is 14.3. The molecule has 33 heavy (non-hydrogen) atoms. The molecule has 0 fully saturated rings. The molecule has 2 aliphatic rings.